The Morgan fingerprint density at radius 3 is 2.55 bits per heavy atom. The molecule has 0 aromatic rings. The molecule has 0 spiro atoms. The van der Waals surface area contributed by atoms with Crippen molar-refractivity contribution in [3.8, 4) is 0 Å². The third-order valence-corrected chi connectivity index (χ3v) is 1.90. The van der Waals surface area contributed by atoms with Gasteiger partial charge in [0, 0.05) is 7.11 Å². The van der Waals surface area contributed by atoms with Gasteiger partial charge in [0.05, 0.1) is 6.10 Å². The zero-order valence-electron chi connectivity index (χ0n) is 8.02. The molecule has 0 aliphatic carbocycles. The van der Waals surface area contributed by atoms with Crippen molar-refractivity contribution in [2.45, 2.75) is 38.7 Å². The molecule has 1 atom stereocenters. The summed E-state index contributed by atoms with van der Waals surface area (Å²) in [5.74, 6) is 0. The summed E-state index contributed by atoms with van der Waals surface area (Å²) < 4.78 is 5.31. The van der Waals surface area contributed by atoms with E-state index in [4.69, 9.17) is 4.74 Å². The third-order valence-electron chi connectivity index (χ3n) is 1.90. The van der Waals surface area contributed by atoms with Crippen LogP contribution in [0.3, 0.4) is 0 Å². The van der Waals surface area contributed by atoms with E-state index in [2.05, 4.69) is 12.2 Å². The summed E-state index contributed by atoms with van der Waals surface area (Å²) in [6, 6.07) is 0. The summed E-state index contributed by atoms with van der Waals surface area (Å²) in [6.07, 6.45) is 5.30. The van der Waals surface area contributed by atoms with Gasteiger partial charge in [-0.3, -0.25) is 0 Å². The lowest BCUT2D eigenvalue weighted by Gasteiger charge is -2.13. The highest BCUT2D eigenvalue weighted by Gasteiger charge is 2.03. The molecule has 11 heavy (non-hydrogen) atoms. The van der Waals surface area contributed by atoms with E-state index in [1.54, 1.807) is 7.11 Å². The van der Waals surface area contributed by atoms with Gasteiger partial charge in [0.15, 0.2) is 0 Å². The van der Waals surface area contributed by atoms with Gasteiger partial charge in [-0.15, -0.1) is 0 Å². The maximum Gasteiger partial charge on any atom is 0.0571 e. The maximum atomic E-state index is 5.31. The predicted octanol–water partition coefficient (Wildman–Crippen LogP) is 1.80. The predicted molar refractivity (Wildman–Crippen MR) is 48.9 cm³/mol. The molecule has 0 heterocycles. The van der Waals surface area contributed by atoms with Gasteiger partial charge < -0.3 is 10.1 Å². The van der Waals surface area contributed by atoms with Gasteiger partial charge in [0.1, 0.15) is 0 Å². The molecule has 0 saturated heterocycles. The molecule has 0 aromatic heterocycles. The molecule has 0 aromatic carbocycles. The number of hydrogen-bond donors (Lipinski definition) is 1. The molecule has 0 bridgehead atoms. The van der Waals surface area contributed by atoms with Crippen molar-refractivity contribution in [3.05, 3.63) is 0 Å². The van der Waals surface area contributed by atoms with Crippen LogP contribution >= 0.6 is 0 Å². The van der Waals surface area contributed by atoms with Crippen molar-refractivity contribution in [1.29, 1.82) is 0 Å². The average molecular weight is 159 g/mol. The van der Waals surface area contributed by atoms with Crippen LogP contribution in [-0.4, -0.2) is 26.8 Å². The first-order valence-corrected chi connectivity index (χ1v) is 4.52. The molecule has 68 valence electrons. The second-order valence-electron chi connectivity index (χ2n) is 2.89. The molecule has 0 radical (unpaired) electrons. The Hall–Kier alpha value is -0.0800. The lowest BCUT2D eigenvalue weighted by atomic mass is 10.1. The maximum absolute atomic E-state index is 5.31. The summed E-state index contributed by atoms with van der Waals surface area (Å²) in [7, 11) is 3.79. The van der Waals surface area contributed by atoms with Gasteiger partial charge >= 0.3 is 0 Å². The van der Waals surface area contributed by atoms with Gasteiger partial charge in [-0.25, -0.2) is 0 Å². The summed E-state index contributed by atoms with van der Waals surface area (Å²) in [4.78, 5) is 0. The van der Waals surface area contributed by atoms with E-state index in [0.29, 0.717) is 6.10 Å². The Morgan fingerprint density at radius 2 is 2.09 bits per heavy atom. The molecule has 0 amide bonds. The van der Waals surface area contributed by atoms with Crippen molar-refractivity contribution in [1.82, 2.24) is 5.32 Å². The van der Waals surface area contributed by atoms with Gasteiger partial charge in [-0.1, -0.05) is 13.3 Å². The Kier molecular flexibility index (Phi) is 7.96. The smallest absolute Gasteiger partial charge is 0.0571 e. The fourth-order valence-corrected chi connectivity index (χ4v) is 1.21. The number of hydrogen-bond acceptors (Lipinski definition) is 2. The van der Waals surface area contributed by atoms with Crippen LogP contribution in [0.25, 0.3) is 0 Å². The van der Waals surface area contributed by atoms with Crippen molar-refractivity contribution in [2.24, 2.45) is 0 Å². The molecule has 0 rings (SSSR count). The van der Waals surface area contributed by atoms with E-state index in [0.717, 1.165) is 6.54 Å². The molecule has 1 N–H and O–H groups in total. The van der Waals surface area contributed by atoms with Gasteiger partial charge in [-0.05, 0) is 32.9 Å². The molecular formula is C9H21NO. The lowest BCUT2D eigenvalue weighted by Crippen LogP contribution is -2.14. The van der Waals surface area contributed by atoms with Crippen LogP contribution in [0.1, 0.15) is 32.6 Å². The number of rotatable bonds is 7. The van der Waals surface area contributed by atoms with Crippen molar-refractivity contribution >= 4 is 0 Å². The Bertz CT molecular complexity index is 76.0. The summed E-state index contributed by atoms with van der Waals surface area (Å²) in [5.41, 5.74) is 0. The van der Waals surface area contributed by atoms with Crippen LogP contribution in [0.4, 0.5) is 0 Å². The van der Waals surface area contributed by atoms with E-state index < -0.39 is 0 Å². The summed E-state index contributed by atoms with van der Waals surface area (Å²) in [5, 5.41) is 3.13. The van der Waals surface area contributed by atoms with E-state index in [-0.39, 0.29) is 0 Å². The van der Waals surface area contributed by atoms with Crippen LogP contribution < -0.4 is 5.32 Å². The molecule has 2 heteroatoms. The standard InChI is InChI=1S/C9H21NO/c1-4-6-9(11-3)7-5-8-10-2/h9-10H,4-8H2,1-3H3/t9-/m1/s1. The summed E-state index contributed by atoms with van der Waals surface area (Å²) in [6.45, 7) is 3.30. The van der Waals surface area contributed by atoms with Crippen LogP contribution in [0.2, 0.25) is 0 Å². The second-order valence-corrected chi connectivity index (χ2v) is 2.89. The average Bonchev–Trinajstić information content (AvgIpc) is 2.03. The normalized spacial score (nSPS) is 13.4. The minimum Gasteiger partial charge on any atom is -0.381 e. The highest BCUT2D eigenvalue weighted by atomic mass is 16.5. The number of methoxy groups -OCH3 is 1. The van der Waals surface area contributed by atoms with E-state index in [9.17, 15) is 0 Å². The zero-order valence-corrected chi connectivity index (χ0v) is 8.02. The molecule has 0 aliphatic heterocycles. The van der Waals surface area contributed by atoms with Gasteiger partial charge in [-0.2, -0.15) is 0 Å². The van der Waals surface area contributed by atoms with Crippen LogP contribution in [0.15, 0.2) is 0 Å². The Morgan fingerprint density at radius 1 is 1.36 bits per heavy atom. The molecule has 2 nitrogen and oxygen atoms in total. The minimum absolute atomic E-state index is 0.480. The quantitative estimate of drug-likeness (QED) is 0.572. The second kappa shape index (κ2) is 8.02. The first-order valence-electron chi connectivity index (χ1n) is 4.52. The summed E-state index contributed by atoms with van der Waals surface area (Å²) >= 11 is 0. The number of ether oxygens (including phenoxy) is 1. The third kappa shape index (κ3) is 6.32. The van der Waals surface area contributed by atoms with Crippen molar-refractivity contribution in [2.75, 3.05) is 20.7 Å². The van der Waals surface area contributed by atoms with E-state index in [1.165, 1.54) is 25.7 Å². The highest BCUT2D eigenvalue weighted by molar-refractivity contribution is 4.57. The van der Waals surface area contributed by atoms with Gasteiger partial charge in [0.2, 0.25) is 0 Å². The number of nitrogens with one attached hydrogen (secondary N) is 1. The molecular weight excluding hydrogens is 138 g/mol. The Balaban J connectivity index is 3.20. The molecule has 0 aliphatic rings. The highest BCUT2D eigenvalue weighted by Crippen LogP contribution is 2.07. The molecule has 0 saturated carbocycles. The molecule has 0 unspecified atom stereocenters. The first kappa shape index (κ1) is 10.9. The Labute approximate surface area is 70.3 Å². The largest absolute Gasteiger partial charge is 0.381 e. The molecule has 0 fully saturated rings. The fraction of sp³-hybridized carbons (Fsp3) is 1.00. The van der Waals surface area contributed by atoms with Crippen molar-refractivity contribution < 1.29 is 4.74 Å². The van der Waals surface area contributed by atoms with Gasteiger partial charge in [0.25, 0.3) is 0 Å². The topological polar surface area (TPSA) is 21.3 Å². The SMILES string of the molecule is CCC[C@H](CCCNC)OC. The van der Waals surface area contributed by atoms with E-state index >= 15 is 0 Å². The minimum atomic E-state index is 0.480. The zero-order chi connectivity index (χ0) is 8.53. The van der Waals surface area contributed by atoms with Crippen molar-refractivity contribution in [3.63, 3.8) is 0 Å². The van der Waals surface area contributed by atoms with Crippen LogP contribution in [0.5, 0.6) is 0 Å². The van der Waals surface area contributed by atoms with E-state index in [1.807, 2.05) is 7.05 Å². The monoisotopic (exact) mass is 159 g/mol. The fourth-order valence-electron chi connectivity index (χ4n) is 1.21. The lowest BCUT2D eigenvalue weighted by molar-refractivity contribution is 0.0857. The van der Waals surface area contributed by atoms with Crippen LogP contribution in [0, 0.1) is 0 Å². The van der Waals surface area contributed by atoms with Crippen LogP contribution in [-0.2, 0) is 4.74 Å². The first-order chi connectivity index (χ1) is 5.35.